The second-order valence-corrected chi connectivity index (χ2v) is 39.9. The molecule has 774 valence electrons. The molecule has 2 amide bonds. The fourth-order valence-corrected chi connectivity index (χ4v) is 15.8. The van der Waals surface area contributed by atoms with Gasteiger partial charge in [-0.15, -0.1) is 0 Å². The Kier molecular flexibility index (Phi) is 35.1. The van der Waals surface area contributed by atoms with E-state index in [9.17, 15) is 48.3 Å². The minimum absolute atomic E-state index is 0. The number of piperidine rings is 2. The Morgan fingerprint density at radius 3 is 1.51 bits per heavy atom. The van der Waals surface area contributed by atoms with E-state index in [2.05, 4.69) is 68.0 Å². The second-order valence-electron chi connectivity index (χ2n) is 35.3. The number of ether oxygens (including phenoxy) is 6. The summed E-state index contributed by atoms with van der Waals surface area (Å²) in [5, 5.41) is 62.4. The SMILES string of the molecule is CC(C)(C)OC(=O)N1CC=C(B2OC(C)(C)C(C)(C)O2)CC1.Cc1cc([N+](=O)[O-])c(O)cc1Br.O=CO[O-].[2H]C([2H])([2H])C([2H])(C)C([2H])([2H])[2H].[2H]C([2H])([2H])C([2H])(Oc1cc(Br)c(C)cc1[N+](=O)[O-])C([2H])([2H])[2H].[2H]C([2H])([2H])C([2H])(Oc1cc(C2=CCN(C(=O)OC(C)(C)C)CC2)c(C)cc1[N+](=O)[O-])C([2H])([2H])[2H].[2H]C([2H])([2H])C([2H])(Oc1cc(C2CCNCC2)c(C)cc1N)C([2H])([2H])[2H].[2H]C([2H])([2H])C([2H])(Oc1cc(C2CCNCC2)c(C)cc1Nc1ncc(Cl)c(Nc2ccccc2S(=O)(=O)C(C)C)n1)C([2H])([2H])[2H].[Cs+].[Cs+].[H-]. The van der Waals surface area contributed by atoms with E-state index in [1.165, 1.54) is 35.4 Å². The molecule has 6 heterocycles. The van der Waals surface area contributed by atoms with Crippen molar-refractivity contribution in [3.8, 4) is 28.7 Å². The van der Waals surface area contributed by atoms with Crippen LogP contribution in [-0.4, -0.2) is 178 Å². The number of anilines is 5. The number of phenolic OH excluding ortho intramolecular Hbond substituents is 1. The predicted molar refractivity (Wildman–Crippen MR) is 558 cm³/mol. The Morgan fingerprint density at radius 2 is 1.07 bits per heavy atom. The Labute approximate surface area is 1030 Å². The molecule has 12 rings (SSSR count). The van der Waals surface area contributed by atoms with Gasteiger partial charge in [0.25, 0.3) is 6.47 Å². The number of hydrogen-bond acceptors (Lipinski definition) is 29. The van der Waals surface area contributed by atoms with Crippen molar-refractivity contribution in [1.29, 1.82) is 0 Å². The van der Waals surface area contributed by atoms with Gasteiger partial charge in [0.1, 0.15) is 27.7 Å². The van der Waals surface area contributed by atoms with Gasteiger partial charge in [0.15, 0.2) is 32.9 Å². The molecule has 0 aliphatic carbocycles. The number of hydrogen-bond donors (Lipinski definition) is 6. The van der Waals surface area contributed by atoms with E-state index in [4.69, 9.17) is 118 Å². The number of aromatic hydroxyl groups is 1. The number of aromatic nitrogens is 2. The first-order chi connectivity index (χ1) is 79.0. The summed E-state index contributed by atoms with van der Waals surface area (Å²) in [5.41, 5.74) is 10.6. The van der Waals surface area contributed by atoms with Gasteiger partial charge in [-0.25, -0.2) is 23.0 Å². The molecule has 6 aromatic carbocycles. The number of carbonyl (C=O) groups is 3. The summed E-state index contributed by atoms with van der Waals surface area (Å²) in [6, 6.07) is 19.9. The largest absolute Gasteiger partial charge is 1.00 e. The first kappa shape index (κ1) is 82.5. The van der Waals surface area contributed by atoms with Crippen molar-refractivity contribution in [2.24, 2.45) is 5.89 Å². The summed E-state index contributed by atoms with van der Waals surface area (Å²) in [7, 11) is -3.97. The fraction of sp³-hybridized carbons (Fsp3) is 0.535. The number of sulfone groups is 1. The van der Waals surface area contributed by atoms with Crippen molar-refractivity contribution >= 4 is 131 Å². The van der Waals surface area contributed by atoms with Gasteiger partial charge in [-0.2, -0.15) is 4.98 Å². The van der Waals surface area contributed by atoms with E-state index >= 15 is 0 Å². The van der Waals surface area contributed by atoms with E-state index in [1.54, 1.807) is 109 Å². The van der Waals surface area contributed by atoms with Gasteiger partial charge in [0.2, 0.25) is 5.95 Å². The molecule has 3 fully saturated rings. The zero-order chi connectivity index (χ0) is 135. The van der Waals surface area contributed by atoms with E-state index in [-0.39, 0.29) is 250 Å². The number of amides is 2. The molecule has 0 unspecified atom stereocenters. The number of carbonyl (C=O) groups excluding carboxylic acids is 3. The van der Waals surface area contributed by atoms with Crippen molar-refractivity contribution in [3.05, 3.63) is 198 Å². The average molecular weight is 2420 g/mol. The Morgan fingerprint density at radius 1 is 0.634 bits per heavy atom. The van der Waals surface area contributed by atoms with Gasteiger partial charge in [-0.1, -0.05) is 88.4 Å². The van der Waals surface area contributed by atoms with Crippen LogP contribution in [0.25, 0.3) is 5.57 Å². The normalized spacial score (nSPS) is 19.9. The van der Waals surface area contributed by atoms with E-state index in [0.29, 0.717) is 57.3 Å². The molecule has 3 saturated heterocycles. The van der Waals surface area contributed by atoms with Crippen LogP contribution in [0.4, 0.5) is 55.5 Å². The molecule has 41 heteroatoms. The van der Waals surface area contributed by atoms with Gasteiger partial charge in [0, 0.05) is 108 Å². The number of nitrogens with one attached hydrogen (secondary N) is 4. The van der Waals surface area contributed by atoms with Crippen molar-refractivity contribution in [1.82, 2.24) is 30.4 Å². The van der Waals surface area contributed by atoms with Crippen molar-refractivity contribution in [2.45, 2.75) is 300 Å². The molecule has 0 atom stereocenters. The number of phenols is 1. The van der Waals surface area contributed by atoms with Crippen LogP contribution in [-0.2, 0) is 38.3 Å². The van der Waals surface area contributed by atoms with Crippen LogP contribution in [0.2, 0.25) is 5.02 Å². The Balaban J connectivity index is 0.000000723. The number of nitro benzene ring substituents is 3. The van der Waals surface area contributed by atoms with Gasteiger partial charge < -0.3 is 91.2 Å². The van der Waals surface area contributed by atoms with E-state index < -0.39 is 169 Å². The zero-order valence-corrected chi connectivity index (χ0v) is 100. The summed E-state index contributed by atoms with van der Waals surface area (Å²) in [6.45, 7) is 4.54. The maximum Gasteiger partial charge on any atom is 1.00 e. The number of para-hydroxylation sites is 1. The number of nitro groups is 3. The molecule has 5 aliphatic rings. The van der Waals surface area contributed by atoms with Gasteiger partial charge in [-0.3, -0.25) is 35.1 Å². The molecule has 5 aliphatic heterocycles. The average Bonchev–Trinajstić information content (AvgIpc) is 0.968. The number of rotatable bonds is 22. The quantitative estimate of drug-likeness (QED) is 0.00916. The van der Waals surface area contributed by atoms with Crippen LogP contribution < -0.4 is 189 Å². The van der Waals surface area contributed by atoms with Gasteiger partial charge in [0.05, 0.1) is 89.2 Å². The third-order valence-electron chi connectivity index (χ3n) is 21.3. The number of nitrogens with two attached hydrogens (primary N) is 1. The minimum Gasteiger partial charge on any atom is -1.00 e. The summed E-state index contributed by atoms with van der Waals surface area (Å²) in [4.78, 5) is 78.1. The molecule has 7 N–H and O–H groups in total. The maximum absolute atomic E-state index is 13.0. The first-order valence-electron chi connectivity index (χ1n) is 60.9. The van der Waals surface area contributed by atoms with Gasteiger partial charge >= 0.3 is 174 Å². The molecular weight excluding hydrogens is 2240 g/mol. The fourth-order valence-electron chi connectivity index (χ4n) is 13.8. The summed E-state index contributed by atoms with van der Waals surface area (Å²) in [6.07, 6.45) is -4.30. The monoisotopic (exact) mass is 2420 g/mol. The summed E-state index contributed by atoms with van der Waals surface area (Å²) in [5.74, 6) is -3.78. The number of halogens is 3. The molecule has 1 aromatic heterocycles. The van der Waals surface area contributed by atoms with Gasteiger partial charge in [-0.05, 0) is 353 Å². The molecule has 0 bridgehead atoms. The van der Waals surface area contributed by atoms with Crippen LogP contribution in [0.15, 0.2) is 123 Å². The van der Waals surface area contributed by atoms with Crippen LogP contribution in [0.5, 0.6) is 28.7 Å². The third-order valence-corrected chi connectivity index (χ3v) is 25.5. The number of aryl methyl sites for hydroxylation is 5. The molecule has 34 nitrogen and oxygen atoms in total. The van der Waals surface area contributed by atoms with E-state index in [1.807, 2.05) is 68.4 Å². The third kappa shape index (κ3) is 42.4. The molecular formula is C101H146BBr2ClCs2N12O22S. The summed E-state index contributed by atoms with van der Waals surface area (Å²) >= 11 is 12.6. The standard InChI is InChI=1S/C28H36ClN5O3S.C20H28N2O5.C16H28BNO4.C15H24N2O.C10H12BrNO3.C7H6BrNO3.C4H10.CH2O3.2Cs.H/c1-17(2)37-25-15-21(20-10-12-30-13-11-20)19(5)14-24(25)33-28-31-16-22(29)27(34-28)32-23-8-6-7-9-26(23)38(35,36)18(3)4;1-13(2)26-18-12-16(14(3)11-17(18)22(24)25)15-7-9-21(10-8-15)19(23)27-20(4,5)6;1-14(2,3)20-13(19)18-10-8-12(9-11-18)17-21-15(4,5)16(6,7)22-17;1-10(2)18-15-9-13(11(3)8-14(15)16)12-4-6-17-7-5-12;1-6(2)15-10-5-8(11)7(3)4-9(10)12(13)14;1-4-2-6(9(11)12)7(10)3-5(4)8;1-4(2)3;2-1-4-3;;;/h6-9,14-18,20,30H,10-13H2,1-5H3,(H2,31,32,33,34);7,11-13H,8-10H2,1-6H3;8H,9-11H2,1-7H3;8-10,12,17H,4-7,16H2,1-3H3;4-6H,1-3H3;2-3,10H,1H3;4H,1-3H3;1,3H;;;/q;;;;;;;;2*+1;-1/p-1/i1D3,2D3,17D;1D3,2D3,13D;;1D3,2D3,10D;1D3,2D3,6D;;1D3,2D3,4D;;;;. The number of benzene rings is 6. The minimum atomic E-state index is -3.66. The molecule has 0 radical (unpaired) electrons. The molecule has 0 spiro atoms. The number of nitrogens with zero attached hydrogens (tertiary/aromatic N) is 7. The van der Waals surface area contributed by atoms with Crippen molar-refractivity contribution < 1.29 is 278 Å². The van der Waals surface area contributed by atoms with E-state index in [0.717, 1.165) is 117 Å². The maximum atomic E-state index is 13.0. The molecule has 0 saturated carbocycles. The summed E-state index contributed by atoms with van der Waals surface area (Å²) < 4.78 is 331. The Bertz CT molecular complexity index is 6980. The predicted octanol–water partition coefficient (Wildman–Crippen LogP) is 17.1. The number of nitrogen functional groups attached to an aromatic ring is 1. The second kappa shape index (κ2) is 60.3. The topological polar surface area (TPSA) is 448 Å². The smallest absolute Gasteiger partial charge is 1.00 e. The molecule has 7 aromatic rings. The van der Waals surface area contributed by atoms with Crippen LogP contribution in [0, 0.1) is 70.9 Å². The van der Waals surface area contributed by atoms with Crippen molar-refractivity contribution in [3.63, 3.8) is 0 Å². The first-order valence-corrected chi connectivity index (χ1v) is 47.0. The van der Waals surface area contributed by atoms with Crippen LogP contribution >= 0.6 is 43.5 Å². The van der Waals surface area contributed by atoms with Crippen molar-refractivity contribution in [2.75, 3.05) is 68.7 Å². The Hall–Kier alpha value is -6.34. The zero-order valence-electron chi connectivity index (χ0n) is 119. The molecule has 142 heavy (non-hydrogen) atoms. The van der Waals surface area contributed by atoms with Crippen LogP contribution in [0.1, 0.15) is 303 Å². The van der Waals surface area contributed by atoms with Crippen LogP contribution in [0.3, 0.4) is 0 Å².